The molecule has 0 aliphatic carbocycles. The van der Waals surface area contributed by atoms with Crippen molar-refractivity contribution in [3.8, 4) is 5.75 Å². The molecule has 2 nitrogen and oxygen atoms in total. The Balaban J connectivity index is 2.16. The van der Waals surface area contributed by atoms with Crippen molar-refractivity contribution in [2.45, 2.75) is 25.8 Å². The van der Waals surface area contributed by atoms with Crippen molar-refractivity contribution in [3.05, 3.63) is 64.2 Å². The highest BCUT2D eigenvalue weighted by Crippen LogP contribution is 2.24. The quantitative estimate of drug-likeness (QED) is 0.870. The number of rotatable bonds is 6. The molecule has 0 amide bonds. The van der Waals surface area contributed by atoms with Crippen LogP contribution in [0.5, 0.6) is 5.75 Å². The van der Waals surface area contributed by atoms with Gasteiger partial charge in [0.15, 0.2) is 0 Å². The van der Waals surface area contributed by atoms with Crippen LogP contribution in [0.15, 0.2) is 42.5 Å². The molecule has 21 heavy (non-hydrogen) atoms. The van der Waals surface area contributed by atoms with E-state index in [0.717, 1.165) is 29.2 Å². The van der Waals surface area contributed by atoms with Gasteiger partial charge in [0, 0.05) is 11.1 Å². The summed E-state index contributed by atoms with van der Waals surface area (Å²) in [5.41, 5.74) is 3.84. The van der Waals surface area contributed by atoms with E-state index >= 15 is 0 Å². The van der Waals surface area contributed by atoms with Gasteiger partial charge in [-0.1, -0.05) is 35.9 Å². The van der Waals surface area contributed by atoms with E-state index in [0.29, 0.717) is 6.04 Å². The SMILES string of the molecule is CNC(Cc1ccccc1C)Cc1cc(Cl)ccc1OC. The minimum absolute atomic E-state index is 0.346. The van der Waals surface area contributed by atoms with Crippen LogP contribution in [0.4, 0.5) is 0 Å². The highest BCUT2D eigenvalue weighted by atomic mass is 35.5. The van der Waals surface area contributed by atoms with Gasteiger partial charge in [-0.3, -0.25) is 0 Å². The molecule has 0 heterocycles. The summed E-state index contributed by atoms with van der Waals surface area (Å²) in [5.74, 6) is 0.893. The van der Waals surface area contributed by atoms with Crippen LogP contribution in [0, 0.1) is 6.92 Å². The van der Waals surface area contributed by atoms with Gasteiger partial charge in [-0.25, -0.2) is 0 Å². The van der Waals surface area contributed by atoms with Gasteiger partial charge in [-0.05, 0) is 61.7 Å². The van der Waals surface area contributed by atoms with E-state index < -0.39 is 0 Å². The summed E-state index contributed by atoms with van der Waals surface area (Å²) < 4.78 is 5.43. The summed E-state index contributed by atoms with van der Waals surface area (Å²) in [7, 11) is 3.70. The van der Waals surface area contributed by atoms with Crippen molar-refractivity contribution < 1.29 is 4.74 Å². The molecule has 0 aromatic heterocycles. The summed E-state index contributed by atoms with van der Waals surface area (Å²) in [6.45, 7) is 2.15. The van der Waals surface area contributed by atoms with E-state index in [9.17, 15) is 0 Å². The first kappa shape index (κ1) is 15.9. The minimum atomic E-state index is 0.346. The van der Waals surface area contributed by atoms with Crippen LogP contribution in [0.1, 0.15) is 16.7 Å². The average Bonchev–Trinajstić information content (AvgIpc) is 2.49. The Hall–Kier alpha value is -1.51. The highest BCUT2D eigenvalue weighted by Gasteiger charge is 2.13. The third-order valence-electron chi connectivity index (χ3n) is 3.84. The van der Waals surface area contributed by atoms with Crippen molar-refractivity contribution in [3.63, 3.8) is 0 Å². The van der Waals surface area contributed by atoms with Gasteiger partial charge in [0.05, 0.1) is 7.11 Å². The molecule has 0 radical (unpaired) electrons. The lowest BCUT2D eigenvalue weighted by Crippen LogP contribution is -2.30. The molecule has 0 saturated heterocycles. The van der Waals surface area contributed by atoms with Gasteiger partial charge < -0.3 is 10.1 Å². The van der Waals surface area contributed by atoms with E-state index in [1.54, 1.807) is 7.11 Å². The van der Waals surface area contributed by atoms with Gasteiger partial charge >= 0.3 is 0 Å². The van der Waals surface area contributed by atoms with Crippen LogP contribution in [0.25, 0.3) is 0 Å². The maximum absolute atomic E-state index is 6.11. The first-order valence-corrected chi connectivity index (χ1v) is 7.56. The third kappa shape index (κ3) is 4.23. The molecular weight excluding hydrogens is 282 g/mol. The van der Waals surface area contributed by atoms with E-state index in [1.165, 1.54) is 11.1 Å². The first-order valence-electron chi connectivity index (χ1n) is 7.18. The fourth-order valence-corrected chi connectivity index (χ4v) is 2.75. The number of hydrogen-bond acceptors (Lipinski definition) is 2. The van der Waals surface area contributed by atoms with Crippen molar-refractivity contribution in [1.82, 2.24) is 5.32 Å². The molecule has 1 unspecified atom stereocenters. The number of methoxy groups -OCH3 is 1. The molecule has 0 aliphatic rings. The van der Waals surface area contributed by atoms with E-state index in [1.807, 2.05) is 25.2 Å². The predicted octanol–water partition coefficient (Wildman–Crippen LogP) is 4.03. The number of nitrogens with one attached hydrogen (secondary N) is 1. The van der Waals surface area contributed by atoms with Crippen LogP contribution in [-0.4, -0.2) is 20.2 Å². The Morgan fingerprint density at radius 3 is 2.48 bits per heavy atom. The molecule has 2 aromatic carbocycles. The number of hydrogen-bond donors (Lipinski definition) is 1. The number of ether oxygens (including phenoxy) is 1. The zero-order valence-corrected chi connectivity index (χ0v) is 13.6. The van der Waals surface area contributed by atoms with Crippen LogP contribution >= 0.6 is 11.6 Å². The smallest absolute Gasteiger partial charge is 0.122 e. The molecule has 1 atom stereocenters. The van der Waals surface area contributed by atoms with Crippen molar-refractivity contribution >= 4 is 11.6 Å². The molecule has 0 spiro atoms. The summed E-state index contributed by atoms with van der Waals surface area (Å²) in [6, 6.07) is 14.6. The van der Waals surface area contributed by atoms with Crippen molar-refractivity contribution in [2.24, 2.45) is 0 Å². The normalized spacial score (nSPS) is 12.2. The molecule has 1 N–H and O–H groups in total. The first-order chi connectivity index (χ1) is 10.1. The maximum Gasteiger partial charge on any atom is 0.122 e. The summed E-state index contributed by atoms with van der Waals surface area (Å²) in [4.78, 5) is 0. The number of halogens is 1. The summed E-state index contributed by atoms with van der Waals surface area (Å²) >= 11 is 6.11. The Morgan fingerprint density at radius 2 is 1.81 bits per heavy atom. The fraction of sp³-hybridized carbons (Fsp3) is 0.333. The highest BCUT2D eigenvalue weighted by molar-refractivity contribution is 6.30. The second kappa shape index (κ2) is 7.48. The molecule has 112 valence electrons. The zero-order chi connectivity index (χ0) is 15.2. The van der Waals surface area contributed by atoms with E-state index in [2.05, 4.69) is 36.5 Å². The summed E-state index contributed by atoms with van der Waals surface area (Å²) in [6.07, 6.45) is 1.87. The minimum Gasteiger partial charge on any atom is -0.496 e. The van der Waals surface area contributed by atoms with Gasteiger partial charge in [-0.15, -0.1) is 0 Å². The second-order valence-electron chi connectivity index (χ2n) is 5.28. The number of aryl methyl sites for hydroxylation is 1. The maximum atomic E-state index is 6.11. The lowest BCUT2D eigenvalue weighted by atomic mass is 9.96. The lowest BCUT2D eigenvalue weighted by molar-refractivity contribution is 0.406. The van der Waals surface area contributed by atoms with Crippen LogP contribution in [-0.2, 0) is 12.8 Å². The standard InChI is InChI=1S/C18H22ClNO/c1-13-6-4-5-7-14(13)11-17(20-2)12-15-10-16(19)8-9-18(15)21-3/h4-10,17,20H,11-12H2,1-3H3. The molecular formula is C18H22ClNO. The molecule has 3 heteroatoms. The molecule has 0 aliphatic heterocycles. The van der Waals surface area contributed by atoms with E-state index in [-0.39, 0.29) is 0 Å². The fourth-order valence-electron chi connectivity index (χ4n) is 2.55. The van der Waals surface area contributed by atoms with Gasteiger partial charge in [0.25, 0.3) is 0 Å². The second-order valence-corrected chi connectivity index (χ2v) is 5.71. The van der Waals surface area contributed by atoms with Crippen molar-refractivity contribution in [2.75, 3.05) is 14.2 Å². The van der Waals surface area contributed by atoms with Gasteiger partial charge in [0.2, 0.25) is 0 Å². The Labute approximate surface area is 132 Å². The average molecular weight is 304 g/mol. The van der Waals surface area contributed by atoms with Crippen LogP contribution in [0.3, 0.4) is 0 Å². The monoisotopic (exact) mass is 303 g/mol. The molecule has 0 bridgehead atoms. The predicted molar refractivity (Wildman–Crippen MR) is 89.4 cm³/mol. The molecule has 0 fully saturated rings. The molecule has 0 saturated carbocycles. The lowest BCUT2D eigenvalue weighted by Gasteiger charge is -2.19. The van der Waals surface area contributed by atoms with Crippen molar-refractivity contribution in [1.29, 1.82) is 0 Å². The third-order valence-corrected chi connectivity index (χ3v) is 4.08. The topological polar surface area (TPSA) is 21.3 Å². The van der Waals surface area contributed by atoms with Gasteiger partial charge in [-0.2, -0.15) is 0 Å². The Morgan fingerprint density at radius 1 is 1.10 bits per heavy atom. The zero-order valence-electron chi connectivity index (χ0n) is 12.8. The number of likely N-dealkylation sites (N-methyl/N-ethyl adjacent to an activating group) is 1. The van der Waals surface area contributed by atoms with Gasteiger partial charge in [0.1, 0.15) is 5.75 Å². The van der Waals surface area contributed by atoms with Crippen LogP contribution < -0.4 is 10.1 Å². The summed E-state index contributed by atoms with van der Waals surface area (Å²) in [5, 5.41) is 4.15. The Bertz CT molecular complexity index is 598. The molecule has 2 aromatic rings. The van der Waals surface area contributed by atoms with E-state index in [4.69, 9.17) is 16.3 Å². The largest absolute Gasteiger partial charge is 0.496 e. The van der Waals surface area contributed by atoms with Crippen LogP contribution in [0.2, 0.25) is 5.02 Å². The number of benzene rings is 2. The molecule has 2 rings (SSSR count). The Kier molecular flexibility index (Phi) is 5.66.